The minimum absolute atomic E-state index is 0.165. The van der Waals surface area contributed by atoms with Gasteiger partial charge in [-0.1, -0.05) is 6.07 Å². The van der Waals surface area contributed by atoms with Gasteiger partial charge in [0.2, 0.25) is 0 Å². The number of fused-ring (bicyclic) bond motifs is 1. The van der Waals surface area contributed by atoms with Gasteiger partial charge in [-0.25, -0.2) is 9.59 Å². The molecule has 4 heterocycles. The monoisotopic (exact) mass is 585 g/mol. The van der Waals surface area contributed by atoms with Crippen molar-refractivity contribution < 1.29 is 55.7 Å². The van der Waals surface area contributed by atoms with Gasteiger partial charge in [-0.05, 0) is 42.0 Å². The van der Waals surface area contributed by atoms with Crippen LogP contribution in [0.4, 0.5) is 26.3 Å². The molecule has 0 unspecified atom stereocenters. The number of alkyl halides is 6. The molecule has 2 aliphatic heterocycles. The fraction of sp³-hybridized carbons (Fsp3) is 0.478. The molecule has 0 aromatic carbocycles. The maximum absolute atomic E-state index is 12.9. The summed E-state index contributed by atoms with van der Waals surface area (Å²) >= 11 is 1.54. The number of piperidine rings is 1. The summed E-state index contributed by atoms with van der Waals surface area (Å²) in [7, 11) is 0. The van der Waals surface area contributed by atoms with E-state index in [1.54, 1.807) is 6.20 Å². The first-order valence-electron chi connectivity index (χ1n) is 11.3. The highest BCUT2D eigenvalue weighted by molar-refractivity contribution is 7.12. The van der Waals surface area contributed by atoms with Crippen LogP contribution in [0.1, 0.15) is 27.2 Å². The van der Waals surface area contributed by atoms with Crippen LogP contribution in [0.25, 0.3) is 0 Å². The summed E-state index contributed by atoms with van der Waals surface area (Å²) in [5, 5.41) is 16.2. The van der Waals surface area contributed by atoms with Gasteiger partial charge in [-0.2, -0.15) is 26.3 Å². The van der Waals surface area contributed by atoms with Crippen LogP contribution in [0.5, 0.6) is 0 Å². The van der Waals surface area contributed by atoms with Crippen molar-refractivity contribution in [3.05, 3.63) is 52.0 Å². The Hall–Kier alpha value is -3.24. The average molecular weight is 586 g/mol. The molecule has 0 radical (unpaired) electrons. The van der Waals surface area contributed by atoms with Crippen molar-refractivity contribution in [2.24, 2.45) is 0 Å². The first-order chi connectivity index (χ1) is 18.1. The average Bonchev–Trinajstić information content (AvgIpc) is 3.29. The van der Waals surface area contributed by atoms with Crippen LogP contribution in [0.15, 0.2) is 36.0 Å². The van der Waals surface area contributed by atoms with E-state index in [4.69, 9.17) is 24.5 Å². The minimum Gasteiger partial charge on any atom is -0.475 e. The largest absolute Gasteiger partial charge is 0.490 e. The fourth-order valence-corrected chi connectivity index (χ4v) is 4.68. The number of pyridine rings is 1. The molecule has 2 aliphatic rings. The number of carbonyl (C=O) groups excluding carboxylic acids is 1. The number of ether oxygens (including phenoxy) is 1. The number of hydrogen-bond acceptors (Lipinski definition) is 7. The molecule has 1 amide bonds. The lowest BCUT2D eigenvalue weighted by Crippen LogP contribution is -2.60. The number of carboxylic acids is 2. The summed E-state index contributed by atoms with van der Waals surface area (Å²) in [5.41, 5.74) is 2.28. The summed E-state index contributed by atoms with van der Waals surface area (Å²) in [5.74, 6) is -5.35. The highest BCUT2D eigenvalue weighted by atomic mass is 32.1. The molecule has 0 aliphatic carbocycles. The Labute approximate surface area is 222 Å². The van der Waals surface area contributed by atoms with Crippen LogP contribution in [0.3, 0.4) is 0 Å². The SMILES string of the molecule is Cc1ccsc1C(=O)N1CC[C@@H]2OCCN(Cc3cccnc3)[C@H]2C1.O=C(O)C(F)(F)F.O=C(O)C(F)(F)F. The molecular formula is C23H25F6N3O6S. The van der Waals surface area contributed by atoms with Crippen molar-refractivity contribution in [1.82, 2.24) is 14.8 Å². The predicted molar refractivity (Wildman–Crippen MR) is 125 cm³/mol. The zero-order valence-corrected chi connectivity index (χ0v) is 21.2. The van der Waals surface area contributed by atoms with E-state index in [0.717, 1.165) is 49.6 Å². The number of aliphatic carboxylic acids is 2. The molecule has 2 atom stereocenters. The molecule has 2 fully saturated rings. The number of carboxylic acid groups (broad SMARTS) is 2. The summed E-state index contributed by atoms with van der Waals surface area (Å²) < 4.78 is 69.5. The number of aryl methyl sites for hydroxylation is 1. The fourth-order valence-electron chi connectivity index (χ4n) is 3.78. The van der Waals surface area contributed by atoms with Gasteiger partial charge in [0.1, 0.15) is 0 Å². The topological polar surface area (TPSA) is 120 Å². The molecule has 2 saturated heterocycles. The molecule has 0 spiro atoms. The third-order valence-electron chi connectivity index (χ3n) is 5.64. The Morgan fingerprint density at radius 1 is 1.08 bits per heavy atom. The molecule has 9 nitrogen and oxygen atoms in total. The van der Waals surface area contributed by atoms with Crippen molar-refractivity contribution in [2.45, 2.75) is 44.4 Å². The second-order valence-electron chi connectivity index (χ2n) is 8.39. The van der Waals surface area contributed by atoms with Gasteiger partial charge < -0.3 is 19.8 Å². The molecular weight excluding hydrogens is 560 g/mol. The van der Waals surface area contributed by atoms with E-state index in [9.17, 15) is 31.1 Å². The number of likely N-dealkylation sites (tertiary alicyclic amines) is 1. The lowest BCUT2D eigenvalue weighted by Gasteiger charge is -2.47. The number of hydrogen-bond donors (Lipinski definition) is 2. The standard InChI is InChI=1S/C19H23N3O2S.2C2HF3O2/c1-14-5-10-25-18(14)19(23)22-7-4-17-16(13-22)21(8-9-24-17)12-15-3-2-6-20-11-15;2*3-2(4,5)1(6)7/h2-3,5-6,10-11,16-17H,4,7-9,12-13H2,1H3;2*(H,6,7)/t16-,17-;;/m0../s1. The van der Waals surface area contributed by atoms with Gasteiger partial charge in [0, 0.05) is 38.6 Å². The molecule has 2 aromatic heterocycles. The normalized spacial score (nSPS) is 19.5. The summed E-state index contributed by atoms with van der Waals surface area (Å²) in [6.45, 7) is 6.04. The Morgan fingerprint density at radius 3 is 2.18 bits per heavy atom. The van der Waals surface area contributed by atoms with Crippen LogP contribution in [-0.2, 0) is 20.9 Å². The third-order valence-corrected chi connectivity index (χ3v) is 6.64. The molecule has 2 N–H and O–H groups in total. The van der Waals surface area contributed by atoms with Crippen LogP contribution in [0, 0.1) is 6.92 Å². The summed E-state index contributed by atoms with van der Waals surface area (Å²) in [6, 6.07) is 6.36. The smallest absolute Gasteiger partial charge is 0.475 e. The summed E-state index contributed by atoms with van der Waals surface area (Å²) in [4.78, 5) is 40.2. The van der Waals surface area contributed by atoms with Gasteiger partial charge in [0.15, 0.2) is 0 Å². The molecule has 0 bridgehead atoms. The minimum atomic E-state index is -5.08. The highest BCUT2D eigenvalue weighted by Crippen LogP contribution is 2.27. The predicted octanol–water partition coefficient (Wildman–Crippen LogP) is 3.83. The van der Waals surface area contributed by atoms with E-state index in [1.807, 2.05) is 35.5 Å². The van der Waals surface area contributed by atoms with Crippen LogP contribution >= 0.6 is 11.3 Å². The highest BCUT2D eigenvalue weighted by Gasteiger charge is 2.40. The first kappa shape index (κ1) is 32.0. The molecule has 216 valence electrons. The van der Waals surface area contributed by atoms with Crippen LogP contribution < -0.4 is 0 Å². The van der Waals surface area contributed by atoms with Crippen molar-refractivity contribution in [1.29, 1.82) is 0 Å². The maximum atomic E-state index is 12.9. The molecule has 39 heavy (non-hydrogen) atoms. The van der Waals surface area contributed by atoms with E-state index in [0.29, 0.717) is 0 Å². The van der Waals surface area contributed by atoms with Crippen molar-refractivity contribution >= 4 is 29.2 Å². The summed E-state index contributed by atoms with van der Waals surface area (Å²) in [6.07, 6.45) is -5.31. The van der Waals surface area contributed by atoms with Crippen LogP contribution in [-0.4, -0.2) is 93.6 Å². The zero-order chi connectivity index (χ0) is 29.4. The number of thiophene rings is 1. The second kappa shape index (κ2) is 13.7. The quantitative estimate of drug-likeness (QED) is 0.522. The lowest BCUT2D eigenvalue weighted by atomic mass is 9.97. The van der Waals surface area contributed by atoms with Crippen molar-refractivity contribution in [2.75, 3.05) is 26.2 Å². The van der Waals surface area contributed by atoms with E-state index < -0.39 is 24.3 Å². The van der Waals surface area contributed by atoms with Gasteiger partial charge in [0.25, 0.3) is 5.91 Å². The molecule has 0 saturated carbocycles. The van der Waals surface area contributed by atoms with Crippen molar-refractivity contribution in [3.8, 4) is 0 Å². The Kier molecular flexibility index (Phi) is 11.2. The number of halogens is 6. The Bertz CT molecular complexity index is 1090. The van der Waals surface area contributed by atoms with Gasteiger partial charge in [-0.15, -0.1) is 11.3 Å². The molecule has 4 rings (SSSR count). The van der Waals surface area contributed by atoms with E-state index in [1.165, 1.54) is 16.9 Å². The number of morpholine rings is 1. The number of aromatic nitrogens is 1. The van der Waals surface area contributed by atoms with Crippen molar-refractivity contribution in [3.63, 3.8) is 0 Å². The van der Waals surface area contributed by atoms with E-state index in [2.05, 4.69) is 16.0 Å². The number of carbonyl (C=O) groups is 3. The maximum Gasteiger partial charge on any atom is 0.490 e. The molecule has 2 aromatic rings. The lowest BCUT2D eigenvalue weighted by molar-refractivity contribution is -0.193. The van der Waals surface area contributed by atoms with E-state index in [-0.39, 0.29) is 18.1 Å². The van der Waals surface area contributed by atoms with Gasteiger partial charge in [0.05, 0.1) is 23.6 Å². The van der Waals surface area contributed by atoms with Gasteiger partial charge in [-0.3, -0.25) is 14.7 Å². The zero-order valence-electron chi connectivity index (χ0n) is 20.4. The number of amides is 1. The van der Waals surface area contributed by atoms with Gasteiger partial charge >= 0.3 is 24.3 Å². The second-order valence-corrected chi connectivity index (χ2v) is 9.30. The third kappa shape index (κ3) is 9.78. The Balaban J connectivity index is 0.000000317. The van der Waals surface area contributed by atoms with E-state index >= 15 is 0 Å². The first-order valence-corrected chi connectivity index (χ1v) is 12.2. The Morgan fingerprint density at radius 2 is 1.69 bits per heavy atom. The molecule has 16 heteroatoms. The number of nitrogens with zero attached hydrogens (tertiary/aromatic N) is 3. The van der Waals surface area contributed by atoms with Crippen LogP contribution in [0.2, 0.25) is 0 Å². The number of rotatable bonds is 3.